The number of carboxylic acids is 1. The summed E-state index contributed by atoms with van der Waals surface area (Å²) in [5.74, 6) is -1.000. The van der Waals surface area contributed by atoms with Gasteiger partial charge in [0.2, 0.25) is 0 Å². The Morgan fingerprint density at radius 2 is 2.29 bits per heavy atom. The lowest BCUT2D eigenvalue weighted by Gasteiger charge is -1.98. The van der Waals surface area contributed by atoms with Crippen LogP contribution in [0.3, 0.4) is 0 Å². The molecule has 0 atom stereocenters. The van der Waals surface area contributed by atoms with E-state index in [1.54, 1.807) is 10.6 Å². The molecule has 0 aromatic carbocycles. The van der Waals surface area contributed by atoms with Crippen molar-refractivity contribution in [1.82, 2.24) is 9.38 Å². The third kappa shape index (κ3) is 1.33. The molecule has 0 fully saturated rings. The molecular weight excluding hydrogens is 204 g/mol. The number of nitrogens with zero attached hydrogens (tertiary/aromatic N) is 2. The summed E-state index contributed by atoms with van der Waals surface area (Å²) in [7, 11) is 0. The Balaban J connectivity index is 2.77. The zero-order chi connectivity index (χ0) is 10.3. The largest absolute Gasteiger partial charge is 0.478 e. The van der Waals surface area contributed by atoms with Gasteiger partial charge in [-0.05, 0) is 13.0 Å². The smallest absolute Gasteiger partial charge is 0.337 e. The molecule has 2 heterocycles. The number of carbonyl (C=O) groups is 1. The second-order valence-corrected chi connectivity index (χ2v) is 3.40. The molecule has 0 spiro atoms. The van der Waals surface area contributed by atoms with Crippen molar-refractivity contribution < 1.29 is 9.90 Å². The summed E-state index contributed by atoms with van der Waals surface area (Å²) < 4.78 is 1.61. The summed E-state index contributed by atoms with van der Waals surface area (Å²) in [5.41, 5.74) is 1.53. The molecule has 0 aliphatic heterocycles. The molecule has 0 saturated heterocycles. The highest BCUT2D eigenvalue weighted by Crippen LogP contribution is 2.18. The molecule has 0 amide bonds. The normalized spacial score (nSPS) is 10.7. The van der Waals surface area contributed by atoms with Gasteiger partial charge in [-0.2, -0.15) is 0 Å². The van der Waals surface area contributed by atoms with Crippen molar-refractivity contribution in [3.8, 4) is 0 Å². The van der Waals surface area contributed by atoms with E-state index in [4.69, 9.17) is 16.7 Å². The van der Waals surface area contributed by atoms with E-state index in [9.17, 15) is 4.79 Å². The lowest BCUT2D eigenvalue weighted by molar-refractivity contribution is 0.0696. The monoisotopic (exact) mass is 210 g/mol. The fourth-order valence-corrected chi connectivity index (χ4v) is 1.55. The highest BCUT2D eigenvalue weighted by Gasteiger charge is 2.09. The van der Waals surface area contributed by atoms with Gasteiger partial charge >= 0.3 is 5.97 Å². The first-order valence-corrected chi connectivity index (χ1v) is 4.34. The van der Waals surface area contributed by atoms with E-state index in [0.29, 0.717) is 10.7 Å². The summed E-state index contributed by atoms with van der Waals surface area (Å²) in [4.78, 5) is 14.9. The number of fused-ring (bicyclic) bond motifs is 1. The molecule has 0 saturated carbocycles. The summed E-state index contributed by atoms with van der Waals surface area (Å²) in [5, 5.41) is 9.13. The number of pyridine rings is 1. The van der Waals surface area contributed by atoms with Gasteiger partial charge in [0.05, 0.1) is 16.3 Å². The Morgan fingerprint density at radius 1 is 1.57 bits per heavy atom. The number of carboxylic acid groups (broad SMARTS) is 1. The molecule has 1 N–H and O–H groups in total. The van der Waals surface area contributed by atoms with Gasteiger partial charge in [-0.25, -0.2) is 9.78 Å². The van der Waals surface area contributed by atoms with Crippen molar-refractivity contribution in [2.45, 2.75) is 6.92 Å². The first-order chi connectivity index (χ1) is 6.58. The van der Waals surface area contributed by atoms with E-state index in [1.165, 1.54) is 12.3 Å². The van der Waals surface area contributed by atoms with E-state index in [-0.39, 0.29) is 5.56 Å². The topological polar surface area (TPSA) is 54.6 Å². The number of hydrogen-bond acceptors (Lipinski definition) is 2. The minimum atomic E-state index is -1.000. The molecule has 5 heteroatoms. The van der Waals surface area contributed by atoms with Gasteiger partial charge in [-0.1, -0.05) is 11.6 Å². The minimum absolute atomic E-state index is 0.153. The van der Waals surface area contributed by atoms with Crippen LogP contribution in [0.1, 0.15) is 16.1 Å². The molecule has 72 valence electrons. The van der Waals surface area contributed by atoms with Crippen molar-refractivity contribution >= 4 is 23.2 Å². The second kappa shape index (κ2) is 2.99. The number of aromatic carboxylic acids is 1. The summed E-state index contributed by atoms with van der Waals surface area (Å²) >= 11 is 5.87. The van der Waals surface area contributed by atoms with Crippen LogP contribution in [0.4, 0.5) is 0 Å². The Hall–Kier alpha value is -1.55. The van der Waals surface area contributed by atoms with Crippen molar-refractivity contribution in [1.29, 1.82) is 0 Å². The van der Waals surface area contributed by atoms with Crippen LogP contribution in [0, 0.1) is 6.92 Å². The van der Waals surface area contributed by atoms with Crippen LogP contribution in [-0.4, -0.2) is 20.5 Å². The molecule has 2 aromatic rings. The van der Waals surface area contributed by atoms with Crippen LogP contribution < -0.4 is 0 Å². The number of aromatic nitrogens is 2. The first kappa shape index (κ1) is 9.02. The fraction of sp³-hybridized carbons (Fsp3) is 0.111. The highest BCUT2D eigenvalue weighted by atomic mass is 35.5. The molecule has 4 nitrogen and oxygen atoms in total. The maximum absolute atomic E-state index is 10.7. The van der Waals surface area contributed by atoms with Crippen LogP contribution in [0.15, 0.2) is 18.5 Å². The molecule has 0 radical (unpaired) electrons. The predicted molar refractivity (Wildman–Crippen MR) is 51.9 cm³/mol. The van der Waals surface area contributed by atoms with Crippen molar-refractivity contribution in [3.63, 3.8) is 0 Å². The lowest BCUT2D eigenvalue weighted by Crippen LogP contribution is -1.98. The highest BCUT2D eigenvalue weighted by molar-refractivity contribution is 6.33. The minimum Gasteiger partial charge on any atom is -0.478 e. The Bertz CT molecular complexity index is 519. The maximum atomic E-state index is 10.7. The Labute approximate surface area is 84.8 Å². The summed E-state index contributed by atoms with van der Waals surface area (Å²) in [6.45, 7) is 1.82. The molecule has 2 rings (SSSR count). The van der Waals surface area contributed by atoms with Gasteiger partial charge in [-0.3, -0.25) is 0 Å². The number of halogens is 1. The molecule has 0 bridgehead atoms. The summed E-state index contributed by atoms with van der Waals surface area (Å²) in [6, 6.07) is 1.39. The van der Waals surface area contributed by atoms with Crippen LogP contribution in [-0.2, 0) is 0 Å². The van der Waals surface area contributed by atoms with Gasteiger partial charge < -0.3 is 9.51 Å². The number of aryl methyl sites for hydroxylation is 1. The van der Waals surface area contributed by atoms with Gasteiger partial charge in [0.1, 0.15) is 0 Å². The number of hydrogen-bond donors (Lipinski definition) is 1. The quantitative estimate of drug-likeness (QED) is 0.783. The number of imidazole rings is 1. The molecule has 14 heavy (non-hydrogen) atoms. The zero-order valence-corrected chi connectivity index (χ0v) is 8.12. The Kier molecular flexibility index (Phi) is 1.93. The van der Waals surface area contributed by atoms with E-state index < -0.39 is 5.97 Å². The van der Waals surface area contributed by atoms with Crippen LogP contribution >= 0.6 is 11.6 Å². The third-order valence-electron chi connectivity index (χ3n) is 1.87. The first-order valence-electron chi connectivity index (χ1n) is 3.96. The van der Waals surface area contributed by atoms with E-state index in [1.807, 2.05) is 6.92 Å². The lowest BCUT2D eigenvalue weighted by atomic mass is 10.3. The van der Waals surface area contributed by atoms with Crippen LogP contribution in [0.25, 0.3) is 5.65 Å². The van der Waals surface area contributed by atoms with Gasteiger partial charge in [-0.15, -0.1) is 0 Å². The van der Waals surface area contributed by atoms with E-state index in [0.717, 1.165) is 5.69 Å². The van der Waals surface area contributed by atoms with Crippen LogP contribution in [0.2, 0.25) is 5.02 Å². The van der Waals surface area contributed by atoms with E-state index >= 15 is 0 Å². The zero-order valence-electron chi connectivity index (χ0n) is 7.36. The van der Waals surface area contributed by atoms with Crippen LogP contribution in [0.5, 0.6) is 0 Å². The fourth-order valence-electron chi connectivity index (χ4n) is 1.30. The van der Waals surface area contributed by atoms with Crippen molar-refractivity contribution in [3.05, 3.63) is 34.7 Å². The molecule has 0 aliphatic carbocycles. The molecular formula is C9H7ClN2O2. The number of rotatable bonds is 1. The van der Waals surface area contributed by atoms with Gasteiger partial charge in [0.25, 0.3) is 0 Å². The Morgan fingerprint density at radius 3 is 2.93 bits per heavy atom. The molecule has 2 aromatic heterocycles. The maximum Gasteiger partial charge on any atom is 0.337 e. The van der Waals surface area contributed by atoms with E-state index in [2.05, 4.69) is 4.98 Å². The second-order valence-electron chi connectivity index (χ2n) is 3.00. The average molecular weight is 211 g/mol. The summed E-state index contributed by atoms with van der Waals surface area (Å²) in [6.07, 6.45) is 3.22. The standard InChI is InChI=1S/C9H7ClN2O2/c1-5-3-12-4-6(9(13)14)2-7(10)8(12)11-5/h2-4H,1H3,(H,13,14). The third-order valence-corrected chi connectivity index (χ3v) is 2.15. The average Bonchev–Trinajstić information content (AvgIpc) is 2.45. The molecule has 0 aliphatic rings. The molecule has 0 unspecified atom stereocenters. The van der Waals surface area contributed by atoms with Crippen molar-refractivity contribution in [2.75, 3.05) is 0 Å². The SMILES string of the molecule is Cc1cn2cc(C(=O)O)cc(Cl)c2n1. The van der Waals surface area contributed by atoms with Gasteiger partial charge in [0.15, 0.2) is 5.65 Å². The van der Waals surface area contributed by atoms with Gasteiger partial charge in [0, 0.05) is 12.4 Å². The van der Waals surface area contributed by atoms with Crippen molar-refractivity contribution in [2.24, 2.45) is 0 Å². The predicted octanol–water partition coefficient (Wildman–Crippen LogP) is 1.99.